The molecular weight excluding hydrogens is 316 g/mol. The van der Waals surface area contributed by atoms with Gasteiger partial charge in [0.15, 0.2) is 0 Å². The van der Waals surface area contributed by atoms with Gasteiger partial charge in [0, 0.05) is 13.7 Å². The van der Waals surface area contributed by atoms with E-state index in [0.29, 0.717) is 10.8 Å². The van der Waals surface area contributed by atoms with Gasteiger partial charge in [-0.2, -0.15) is 0 Å². The number of ether oxygens (including phenoxy) is 1. The zero-order valence-electron chi connectivity index (χ0n) is 17.5. The van der Waals surface area contributed by atoms with Gasteiger partial charge < -0.3 is 4.74 Å². The van der Waals surface area contributed by atoms with Gasteiger partial charge in [0.25, 0.3) is 0 Å². The van der Waals surface area contributed by atoms with Gasteiger partial charge in [-0.1, -0.05) is 32.4 Å². The van der Waals surface area contributed by atoms with Crippen molar-refractivity contribution >= 4 is 0 Å². The lowest BCUT2D eigenvalue weighted by molar-refractivity contribution is -0.0809. The Morgan fingerprint density at radius 1 is 1.12 bits per heavy atom. The fourth-order valence-electron chi connectivity index (χ4n) is 11.6. The van der Waals surface area contributed by atoms with Crippen LogP contribution in [0.2, 0.25) is 0 Å². The van der Waals surface area contributed by atoms with Crippen molar-refractivity contribution in [2.75, 3.05) is 13.7 Å². The molecule has 0 radical (unpaired) electrons. The molecule has 0 bridgehead atoms. The zero-order chi connectivity index (χ0) is 18.2. The third-order valence-corrected chi connectivity index (χ3v) is 11.9. The van der Waals surface area contributed by atoms with E-state index in [0.717, 1.165) is 46.5 Å². The van der Waals surface area contributed by atoms with Crippen molar-refractivity contribution in [2.24, 2.45) is 50.7 Å². The maximum atomic E-state index is 5.59. The Balaban J connectivity index is 1.39. The number of methoxy groups -OCH3 is 1. The molecule has 0 N–H and O–H groups in total. The van der Waals surface area contributed by atoms with Gasteiger partial charge in [0.05, 0.1) is 0 Å². The van der Waals surface area contributed by atoms with Gasteiger partial charge in [-0.3, -0.25) is 0 Å². The Morgan fingerprint density at radius 2 is 1.92 bits per heavy atom. The van der Waals surface area contributed by atoms with Crippen LogP contribution in [0.1, 0.15) is 78.6 Å². The third-order valence-electron chi connectivity index (χ3n) is 11.9. The highest BCUT2D eigenvalue weighted by Gasteiger charge is 3.09. The second-order valence-electron chi connectivity index (χ2n) is 11.8. The van der Waals surface area contributed by atoms with Crippen LogP contribution in [0.3, 0.4) is 0 Å². The van der Waals surface area contributed by atoms with Crippen LogP contribution < -0.4 is 0 Å². The molecule has 6 rings (SSSR count). The summed E-state index contributed by atoms with van der Waals surface area (Å²) in [7, 11) is 1.90. The van der Waals surface area contributed by atoms with E-state index < -0.39 is 0 Å². The molecule has 6 fully saturated rings. The molecule has 0 heterocycles. The zero-order valence-corrected chi connectivity index (χ0v) is 17.5. The Morgan fingerprint density at radius 3 is 2.62 bits per heavy atom. The lowest BCUT2D eigenvalue weighted by Gasteiger charge is -2.56. The van der Waals surface area contributed by atoms with E-state index in [2.05, 4.69) is 27.4 Å². The van der Waals surface area contributed by atoms with Crippen molar-refractivity contribution in [3.8, 4) is 0 Å². The SMILES string of the molecule is C=C(C)[C@H]1CCC23[C@H]4C5(CC[C@]12C)[C@H]1CC[C@H](COC)C[C@@]1(CC)CC453. The molecule has 3 spiro atoms. The minimum atomic E-state index is 0.583. The number of hydrogen-bond donors (Lipinski definition) is 0. The van der Waals surface area contributed by atoms with Gasteiger partial charge in [-0.05, 0) is 109 Å². The van der Waals surface area contributed by atoms with Crippen LogP contribution in [0.5, 0.6) is 0 Å². The summed E-state index contributed by atoms with van der Waals surface area (Å²) in [6.07, 6.45) is 13.4. The summed E-state index contributed by atoms with van der Waals surface area (Å²) in [5, 5.41) is 0. The molecule has 9 atom stereocenters. The molecule has 0 aliphatic heterocycles. The van der Waals surface area contributed by atoms with Gasteiger partial charge in [-0.25, -0.2) is 0 Å². The monoisotopic (exact) mass is 354 g/mol. The maximum absolute atomic E-state index is 5.59. The maximum Gasteiger partial charge on any atom is 0.0490 e. The predicted octanol–water partition coefficient (Wildman–Crippen LogP) is 6.24. The highest BCUT2D eigenvalue weighted by atomic mass is 16.5. The van der Waals surface area contributed by atoms with E-state index in [1.165, 1.54) is 50.5 Å². The lowest BCUT2D eigenvalue weighted by Crippen LogP contribution is -2.50. The van der Waals surface area contributed by atoms with Crippen molar-refractivity contribution in [3.63, 3.8) is 0 Å². The van der Waals surface area contributed by atoms with E-state index in [4.69, 9.17) is 4.74 Å². The van der Waals surface area contributed by atoms with Crippen molar-refractivity contribution in [1.29, 1.82) is 0 Å². The number of allylic oxidation sites excluding steroid dienone is 1. The fraction of sp³-hybridized carbons (Fsp3) is 0.920. The summed E-state index contributed by atoms with van der Waals surface area (Å²) in [5.41, 5.74) is 5.04. The quantitative estimate of drug-likeness (QED) is 0.543. The summed E-state index contributed by atoms with van der Waals surface area (Å²) < 4.78 is 5.59. The number of hydrogen-bond acceptors (Lipinski definition) is 1. The molecule has 6 saturated carbocycles. The van der Waals surface area contributed by atoms with Crippen LogP contribution in [-0.2, 0) is 4.74 Å². The van der Waals surface area contributed by atoms with Crippen molar-refractivity contribution in [2.45, 2.75) is 78.6 Å². The molecule has 0 saturated heterocycles. The van der Waals surface area contributed by atoms with Gasteiger partial charge in [-0.15, -0.1) is 0 Å². The summed E-state index contributed by atoms with van der Waals surface area (Å²) in [5.74, 6) is 3.81. The van der Waals surface area contributed by atoms with Crippen LogP contribution in [0.4, 0.5) is 0 Å². The molecule has 0 amide bonds. The Labute approximate surface area is 160 Å². The molecule has 6 aliphatic carbocycles. The van der Waals surface area contributed by atoms with Gasteiger partial charge in [0.2, 0.25) is 0 Å². The Kier molecular flexibility index (Phi) is 2.86. The first-order chi connectivity index (χ1) is 12.4. The highest BCUT2D eigenvalue weighted by Crippen LogP contribution is 3.14. The average Bonchev–Trinajstić information content (AvgIpc) is 3.31. The molecular formula is C25H38O. The van der Waals surface area contributed by atoms with E-state index in [1.807, 2.05) is 7.11 Å². The topological polar surface area (TPSA) is 9.23 Å². The van der Waals surface area contributed by atoms with Crippen LogP contribution in [0.25, 0.3) is 0 Å². The third kappa shape index (κ3) is 1.28. The molecule has 26 heavy (non-hydrogen) atoms. The predicted molar refractivity (Wildman–Crippen MR) is 106 cm³/mol. The van der Waals surface area contributed by atoms with E-state index >= 15 is 0 Å². The normalized spacial score (nSPS) is 63.5. The van der Waals surface area contributed by atoms with E-state index in [-0.39, 0.29) is 0 Å². The minimum absolute atomic E-state index is 0.583. The molecule has 1 nitrogen and oxygen atoms in total. The van der Waals surface area contributed by atoms with Crippen molar-refractivity contribution in [3.05, 3.63) is 12.2 Å². The van der Waals surface area contributed by atoms with Crippen molar-refractivity contribution < 1.29 is 4.74 Å². The highest BCUT2D eigenvalue weighted by molar-refractivity contribution is 5.56. The molecule has 0 aromatic heterocycles. The van der Waals surface area contributed by atoms with Gasteiger partial charge in [0.1, 0.15) is 0 Å². The number of rotatable bonds is 4. The van der Waals surface area contributed by atoms with E-state index in [1.54, 1.807) is 12.8 Å². The molecule has 6 aliphatic rings. The van der Waals surface area contributed by atoms with E-state index in [9.17, 15) is 0 Å². The average molecular weight is 355 g/mol. The smallest absolute Gasteiger partial charge is 0.0490 e. The lowest BCUT2D eigenvalue weighted by atomic mass is 9.48. The van der Waals surface area contributed by atoms with Gasteiger partial charge >= 0.3 is 0 Å². The molecule has 3 unspecified atom stereocenters. The summed E-state index contributed by atoms with van der Waals surface area (Å²) in [4.78, 5) is 0. The number of fused-ring (bicyclic) bond motifs is 1. The molecule has 1 heteroatoms. The van der Waals surface area contributed by atoms with Crippen LogP contribution in [0.15, 0.2) is 12.2 Å². The van der Waals surface area contributed by atoms with Crippen LogP contribution in [-0.4, -0.2) is 13.7 Å². The first kappa shape index (κ1) is 16.6. The Hall–Kier alpha value is -0.300. The second-order valence-corrected chi connectivity index (χ2v) is 11.8. The second kappa shape index (κ2) is 4.47. The summed E-state index contributed by atoms with van der Waals surface area (Å²) >= 11 is 0. The summed E-state index contributed by atoms with van der Waals surface area (Å²) in [6.45, 7) is 13.0. The first-order valence-electron chi connectivity index (χ1n) is 11.5. The minimum Gasteiger partial charge on any atom is -0.384 e. The van der Waals surface area contributed by atoms with Crippen molar-refractivity contribution in [1.82, 2.24) is 0 Å². The first-order valence-corrected chi connectivity index (χ1v) is 11.5. The standard InChI is InChI=1S/C25H38O/c1-6-22-13-17(14-26-5)7-8-19(22)23-12-11-21(4)18(16(2)3)9-10-24(21)20(23)25(23,24)15-22/h17-20H,2,6-15H2,1,3-5H3/t17-,18+,19-,20+,21+,22-,23?,24?,25?/m0/s1. The molecule has 144 valence electrons. The molecule has 0 aromatic rings. The van der Waals surface area contributed by atoms with Crippen LogP contribution >= 0.6 is 0 Å². The fourth-order valence-corrected chi connectivity index (χ4v) is 11.6. The Bertz CT molecular complexity index is 696. The largest absolute Gasteiger partial charge is 0.384 e. The van der Waals surface area contributed by atoms with Crippen LogP contribution in [0, 0.1) is 50.7 Å². The molecule has 0 aromatic carbocycles. The summed E-state index contributed by atoms with van der Waals surface area (Å²) in [6, 6.07) is 0.